The van der Waals surface area contributed by atoms with E-state index >= 15 is 0 Å². The van der Waals surface area contributed by atoms with Crippen LogP contribution < -0.4 is 14.8 Å². The molecule has 1 aliphatic heterocycles. The summed E-state index contributed by atoms with van der Waals surface area (Å²) in [6, 6.07) is 4.58. The van der Waals surface area contributed by atoms with Crippen molar-refractivity contribution in [1.29, 1.82) is 0 Å². The van der Waals surface area contributed by atoms with Gasteiger partial charge in [0.05, 0.1) is 14.2 Å². The zero-order valence-electron chi connectivity index (χ0n) is 13.4. The summed E-state index contributed by atoms with van der Waals surface area (Å²) in [5.74, 6) is 0.834. The molecule has 0 aliphatic carbocycles. The van der Waals surface area contributed by atoms with Gasteiger partial charge >= 0.3 is 0 Å². The molecule has 6 heteroatoms. The Hall–Kier alpha value is -2.24. The van der Waals surface area contributed by atoms with Gasteiger partial charge in [0.15, 0.2) is 11.5 Å². The number of methoxy groups -OCH3 is 2. The van der Waals surface area contributed by atoms with Crippen molar-refractivity contribution < 1.29 is 19.1 Å². The molecule has 1 aromatic rings. The maximum Gasteiger partial charge on any atom is 0.254 e. The Morgan fingerprint density at radius 3 is 2.55 bits per heavy atom. The zero-order chi connectivity index (χ0) is 16.3. The number of amides is 2. The van der Waals surface area contributed by atoms with Crippen molar-refractivity contribution in [3.05, 3.63) is 23.8 Å². The molecule has 0 bridgehead atoms. The molecule has 1 atom stereocenters. The lowest BCUT2D eigenvalue weighted by molar-refractivity contribution is -0.129. The summed E-state index contributed by atoms with van der Waals surface area (Å²) in [5.41, 5.74) is 0.484. The summed E-state index contributed by atoms with van der Waals surface area (Å²) < 4.78 is 10.4. The quantitative estimate of drug-likeness (QED) is 0.910. The van der Waals surface area contributed by atoms with Gasteiger partial charge < -0.3 is 19.7 Å². The van der Waals surface area contributed by atoms with Crippen molar-refractivity contribution in [2.75, 3.05) is 27.3 Å². The first-order valence-electron chi connectivity index (χ1n) is 7.30. The van der Waals surface area contributed by atoms with Crippen LogP contribution in [0.15, 0.2) is 18.2 Å². The molecule has 1 aromatic carbocycles. The third-order valence-corrected chi connectivity index (χ3v) is 3.78. The van der Waals surface area contributed by atoms with Crippen LogP contribution >= 0.6 is 0 Å². The average molecular weight is 306 g/mol. The van der Waals surface area contributed by atoms with Gasteiger partial charge in [-0.15, -0.1) is 0 Å². The SMILES string of the molecule is COc1ccc(C(=O)N2CCNC(=O)C2C(C)C)cc1OC. The van der Waals surface area contributed by atoms with Gasteiger partial charge in [-0.25, -0.2) is 0 Å². The summed E-state index contributed by atoms with van der Waals surface area (Å²) in [6.45, 7) is 4.84. The molecule has 1 unspecified atom stereocenters. The average Bonchev–Trinajstić information content (AvgIpc) is 2.52. The second-order valence-electron chi connectivity index (χ2n) is 5.55. The Bertz CT molecular complexity index is 571. The first-order chi connectivity index (χ1) is 10.5. The highest BCUT2D eigenvalue weighted by Gasteiger charge is 2.35. The van der Waals surface area contributed by atoms with Crippen molar-refractivity contribution >= 4 is 11.8 Å². The van der Waals surface area contributed by atoms with Gasteiger partial charge in [-0.05, 0) is 24.1 Å². The summed E-state index contributed by atoms with van der Waals surface area (Å²) in [7, 11) is 3.07. The molecule has 0 aromatic heterocycles. The molecule has 1 fully saturated rings. The zero-order valence-corrected chi connectivity index (χ0v) is 13.4. The summed E-state index contributed by atoms with van der Waals surface area (Å²) in [6.07, 6.45) is 0. The first kappa shape index (κ1) is 16.1. The van der Waals surface area contributed by atoms with E-state index in [2.05, 4.69) is 5.32 Å². The van der Waals surface area contributed by atoms with Crippen LogP contribution in [0.3, 0.4) is 0 Å². The number of nitrogens with zero attached hydrogens (tertiary/aromatic N) is 1. The van der Waals surface area contributed by atoms with Gasteiger partial charge in [-0.3, -0.25) is 9.59 Å². The monoisotopic (exact) mass is 306 g/mol. The van der Waals surface area contributed by atoms with Crippen LogP contribution in [0.5, 0.6) is 11.5 Å². The van der Waals surface area contributed by atoms with E-state index in [1.54, 1.807) is 30.2 Å². The predicted molar refractivity (Wildman–Crippen MR) is 82.2 cm³/mol. The van der Waals surface area contributed by atoms with E-state index in [0.717, 1.165) is 0 Å². The van der Waals surface area contributed by atoms with Gasteiger partial charge in [-0.1, -0.05) is 13.8 Å². The molecule has 1 aliphatic rings. The lowest BCUT2D eigenvalue weighted by Crippen LogP contribution is -2.59. The van der Waals surface area contributed by atoms with E-state index in [0.29, 0.717) is 30.2 Å². The van der Waals surface area contributed by atoms with Crippen LogP contribution in [0.1, 0.15) is 24.2 Å². The number of benzene rings is 1. The summed E-state index contributed by atoms with van der Waals surface area (Å²) in [4.78, 5) is 26.5. The Kier molecular flexibility index (Phi) is 4.90. The highest BCUT2D eigenvalue weighted by molar-refractivity contribution is 5.98. The van der Waals surface area contributed by atoms with Crippen molar-refractivity contribution in [1.82, 2.24) is 10.2 Å². The van der Waals surface area contributed by atoms with Crippen molar-refractivity contribution in [3.63, 3.8) is 0 Å². The third kappa shape index (κ3) is 3.00. The number of piperazine rings is 1. The maximum absolute atomic E-state index is 12.8. The molecule has 1 saturated heterocycles. The number of hydrogen-bond acceptors (Lipinski definition) is 4. The molecule has 1 heterocycles. The number of ether oxygens (including phenoxy) is 2. The summed E-state index contributed by atoms with van der Waals surface area (Å²) in [5, 5.41) is 2.81. The fraction of sp³-hybridized carbons (Fsp3) is 0.500. The molecule has 0 spiro atoms. The van der Waals surface area contributed by atoms with E-state index in [-0.39, 0.29) is 17.7 Å². The Labute approximate surface area is 130 Å². The molecule has 6 nitrogen and oxygen atoms in total. The van der Waals surface area contributed by atoms with Crippen LogP contribution in [0.2, 0.25) is 0 Å². The molecular formula is C16H22N2O4. The van der Waals surface area contributed by atoms with Crippen molar-refractivity contribution in [2.24, 2.45) is 5.92 Å². The van der Waals surface area contributed by atoms with Gasteiger partial charge in [0, 0.05) is 18.7 Å². The molecule has 1 N–H and O–H groups in total. The molecule has 0 radical (unpaired) electrons. The number of carbonyl (C=O) groups is 2. The van der Waals surface area contributed by atoms with Crippen LogP contribution in [0.25, 0.3) is 0 Å². The van der Waals surface area contributed by atoms with E-state index in [4.69, 9.17) is 9.47 Å². The molecular weight excluding hydrogens is 284 g/mol. The lowest BCUT2D eigenvalue weighted by atomic mass is 9.98. The second-order valence-corrected chi connectivity index (χ2v) is 5.55. The third-order valence-electron chi connectivity index (χ3n) is 3.78. The van der Waals surface area contributed by atoms with Gasteiger partial charge in [0.2, 0.25) is 5.91 Å². The Morgan fingerprint density at radius 1 is 1.27 bits per heavy atom. The highest BCUT2D eigenvalue weighted by atomic mass is 16.5. The van der Waals surface area contributed by atoms with Crippen molar-refractivity contribution in [2.45, 2.75) is 19.9 Å². The van der Waals surface area contributed by atoms with E-state index in [1.165, 1.54) is 7.11 Å². The number of hydrogen-bond donors (Lipinski definition) is 1. The van der Waals surface area contributed by atoms with Crippen molar-refractivity contribution in [3.8, 4) is 11.5 Å². The molecule has 0 saturated carbocycles. The molecule has 2 amide bonds. The fourth-order valence-electron chi connectivity index (χ4n) is 2.71. The molecule has 2 rings (SSSR count). The largest absolute Gasteiger partial charge is 0.493 e. The van der Waals surface area contributed by atoms with Crippen LogP contribution in [-0.4, -0.2) is 50.1 Å². The Morgan fingerprint density at radius 2 is 1.95 bits per heavy atom. The second kappa shape index (κ2) is 6.68. The minimum atomic E-state index is -0.450. The van der Waals surface area contributed by atoms with Crippen LogP contribution in [0, 0.1) is 5.92 Å². The normalized spacial score (nSPS) is 18.1. The summed E-state index contributed by atoms with van der Waals surface area (Å²) >= 11 is 0. The van der Waals surface area contributed by atoms with Gasteiger partial charge in [0.25, 0.3) is 5.91 Å². The van der Waals surface area contributed by atoms with E-state index in [9.17, 15) is 9.59 Å². The lowest BCUT2D eigenvalue weighted by Gasteiger charge is -2.37. The first-order valence-corrected chi connectivity index (χ1v) is 7.30. The van der Waals surface area contributed by atoms with Crippen LogP contribution in [0.4, 0.5) is 0 Å². The van der Waals surface area contributed by atoms with Crippen LogP contribution in [-0.2, 0) is 4.79 Å². The number of nitrogens with one attached hydrogen (secondary N) is 1. The number of rotatable bonds is 4. The minimum Gasteiger partial charge on any atom is -0.493 e. The smallest absolute Gasteiger partial charge is 0.254 e. The standard InChI is InChI=1S/C16H22N2O4/c1-10(2)14-15(19)17-7-8-18(14)16(20)11-5-6-12(21-3)13(9-11)22-4/h5-6,9-10,14H,7-8H2,1-4H3,(H,17,19). The van der Waals surface area contributed by atoms with E-state index in [1.807, 2.05) is 13.8 Å². The Balaban J connectivity index is 2.31. The molecule has 22 heavy (non-hydrogen) atoms. The molecule has 120 valence electrons. The van der Waals surface area contributed by atoms with Gasteiger partial charge in [-0.2, -0.15) is 0 Å². The minimum absolute atomic E-state index is 0.0457. The maximum atomic E-state index is 12.8. The highest BCUT2D eigenvalue weighted by Crippen LogP contribution is 2.28. The predicted octanol–water partition coefficient (Wildman–Crippen LogP) is 1.30. The topological polar surface area (TPSA) is 67.9 Å². The van der Waals surface area contributed by atoms with E-state index < -0.39 is 6.04 Å². The van der Waals surface area contributed by atoms with Gasteiger partial charge in [0.1, 0.15) is 6.04 Å². The fourth-order valence-corrected chi connectivity index (χ4v) is 2.71. The number of carbonyl (C=O) groups excluding carboxylic acids is 2.